The summed E-state index contributed by atoms with van der Waals surface area (Å²) in [5.74, 6) is -0.307. The molecular weight excluding hydrogens is 347 g/mol. The van der Waals surface area contributed by atoms with E-state index in [0.717, 1.165) is 32.1 Å². The maximum atomic E-state index is 11.3. The van der Waals surface area contributed by atoms with E-state index < -0.39 is 5.97 Å². The molecule has 4 heteroatoms. The molecule has 0 radical (unpaired) electrons. The summed E-state index contributed by atoms with van der Waals surface area (Å²) in [7, 11) is 0. The Kier molecular flexibility index (Phi) is 2.86. The highest BCUT2D eigenvalue weighted by Gasteiger charge is 2.28. The minimum Gasteiger partial charge on any atom is -0.477 e. The Morgan fingerprint density at radius 3 is 2.76 bits per heavy atom. The minimum atomic E-state index is -0.775. The maximum absolute atomic E-state index is 11.3. The van der Waals surface area contributed by atoms with Crippen LogP contribution in [0.15, 0.2) is 18.2 Å². The van der Waals surface area contributed by atoms with Crippen LogP contribution in [0.5, 0.6) is 0 Å². The van der Waals surface area contributed by atoms with E-state index in [1.54, 1.807) is 0 Å². The molecule has 1 aliphatic rings. The molecule has 1 saturated carbocycles. The number of carboxylic acids is 1. The summed E-state index contributed by atoms with van der Waals surface area (Å²) >= 11 is 3.69. The summed E-state index contributed by atoms with van der Waals surface area (Å²) in [5.41, 5.74) is 1.08. The summed E-state index contributed by atoms with van der Waals surface area (Å²) in [6, 6.07) is 6.21. The first-order chi connectivity index (χ1) is 8.16. The molecule has 0 atom stereocenters. The van der Waals surface area contributed by atoms with E-state index in [4.69, 9.17) is 0 Å². The molecule has 0 saturated heterocycles. The Bertz CT molecular complexity index is 599. The number of fused-ring (bicyclic) bond motifs is 1. The molecule has 1 aromatic heterocycles. The molecule has 0 unspecified atom stereocenters. The zero-order chi connectivity index (χ0) is 12.0. The van der Waals surface area contributed by atoms with Crippen molar-refractivity contribution in [3.05, 3.63) is 32.2 Å². The predicted molar refractivity (Wildman–Crippen MR) is 78.1 cm³/mol. The molecule has 0 amide bonds. The van der Waals surface area contributed by atoms with Gasteiger partial charge in [0.1, 0.15) is 4.88 Å². The number of rotatable bonds is 2. The van der Waals surface area contributed by atoms with Gasteiger partial charge >= 0.3 is 5.97 Å². The lowest BCUT2D eigenvalue weighted by Crippen LogP contribution is -2.11. The Morgan fingerprint density at radius 1 is 1.41 bits per heavy atom. The number of hydrogen-bond donors (Lipinski definition) is 1. The van der Waals surface area contributed by atoms with Crippen LogP contribution in [0.4, 0.5) is 0 Å². The van der Waals surface area contributed by atoms with Crippen molar-refractivity contribution in [2.24, 2.45) is 0 Å². The average Bonchev–Trinajstić information content (AvgIpc) is 2.54. The third-order valence-electron chi connectivity index (χ3n) is 3.40. The van der Waals surface area contributed by atoms with E-state index in [0.29, 0.717) is 10.8 Å². The Balaban J connectivity index is 2.26. The van der Waals surface area contributed by atoms with Gasteiger partial charge in [0.25, 0.3) is 0 Å². The smallest absolute Gasteiger partial charge is 0.346 e. The van der Waals surface area contributed by atoms with Crippen molar-refractivity contribution in [2.45, 2.75) is 25.2 Å². The topological polar surface area (TPSA) is 37.3 Å². The minimum absolute atomic E-state index is 0.468. The van der Waals surface area contributed by atoms with E-state index in [1.165, 1.54) is 17.8 Å². The van der Waals surface area contributed by atoms with Gasteiger partial charge in [0, 0.05) is 8.27 Å². The van der Waals surface area contributed by atoms with Crippen molar-refractivity contribution in [3.63, 3.8) is 0 Å². The molecular formula is C13H11IO2S. The van der Waals surface area contributed by atoms with Crippen molar-refractivity contribution in [1.82, 2.24) is 0 Å². The van der Waals surface area contributed by atoms with Crippen LogP contribution < -0.4 is 0 Å². The fourth-order valence-electron chi connectivity index (χ4n) is 2.35. The summed E-state index contributed by atoms with van der Waals surface area (Å²) in [4.78, 5) is 11.9. The van der Waals surface area contributed by atoms with Gasteiger partial charge in [-0.3, -0.25) is 0 Å². The summed E-state index contributed by atoms with van der Waals surface area (Å²) in [5, 5.41) is 10.5. The van der Waals surface area contributed by atoms with Gasteiger partial charge in [-0.15, -0.1) is 11.3 Å². The van der Waals surface area contributed by atoms with Crippen LogP contribution in [0.25, 0.3) is 10.1 Å². The molecule has 2 aromatic rings. The second-order valence-corrected chi connectivity index (χ2v) is 6.72. The van der Waals surface area contributed by atoms with Crippen molar-refractivity contribution >= 4 is 50.0 Å². The van der Waals surface area contributed by atoms with Gasteiger partial charge in [-0.05, 0) is 64.4 Å². The van der Waals surface area contributed by atoms with Crippen LogP contribution in [-0.2, 0) is 0 Å². The molecule has 2 nitrogen and oxygen atoms in total. The standard InChI is InChI=1S/C13H11IO2S/c14-8-4-5-9-10(6-8)17-12(13(15)16)11(9)7-2-1-3-7/h4-7H,1-3H2,(H,15,16). The van der Waals surface area contributed by atoms with Crippen LogP contribution in [0.1, 0.15) is 40.4 Å². The van der Waals surface area contributed by atoms with E-state index in [9.17, 15) is 9.90 Å². The Hall–Kier alpha value is -0.620. The average molecular weight is 358 g/mol. The monoisotopic (exact) mass is 358 g/mol. The van der Waals surface area contributed by atoms with Gasteiger partial charge in [-0.25, -0.2) is 4.79 Å². The molecule has 1 heterocycles. The van der Waals surface area contributed by atoms with Crippen LogP contribution in [-0.4, -0.2) is 11.1 Å². The largest absolute Gasteiger partial charge is 0.477 e. The molecule has 0 spiro atoms. The summed E-state index contributed by atoms with van der Waals surface area (Å²) in [6.45, 7) is 0. The van der Waals surface area contributed by atoms with E-state index >= 15 is 0 Å². The van der Waals surface area contributed by atoms with Gasteiger partial charge in [0.2, 0.25) is 0 Å². The van der Waals surface area contributed by atoms with Gasteiger partial charge in [-0.1, -0.05) is 12.5 Å². The molecule has 17 heavy (non-hydrogen) atoms. The van der Waals surface area contributed by atoms with E-state index in [1.807, 2.05) is 0 Å². The van der Waals surface area contributed by atoms with Crippen molar-refractivity contribution < 1.29 is 9.90 Å². The lowest BCUT2D eigenvalue weighted by atomic mass is 9.79. The molecule has 3 rings (SSSR count). The fourth-order valence-corrected chi connectivity index (χ4v) is 4.22. The lowest BCUT2D eigenvalue weighted by Gasteiger charge is -2.26. The molecule has 1 fully saturated rings. The van der Waals surface area contributed by atoms with Crippen LogP contribution in [0.3, 0.4) is 0 Å². The number of carbonyl (C=O) groups is 1. The molecule has 1 aromatic carbocycles. The van der Waals surface area contributed by atoms with Crippen molar-refractivity contribution in [3.8, 4) is 0 Å². The van der Waals surface area contributed by atoms with Gasteiger partial charge < -0.3 is 5.11 Å². The summed E-state index contributed by atoms with van der Waals surface area (Å²) in [6.07, 6.45) is 3.50. The normalized spacial score (nSPS) is 16.1. The van der Waals surface area contributed by atoms with Gasteiger partial charge in [0.15, 0.2) is 0 Å². The van der Waals surface area contributed by atoms with E-state index in [-0.39, 0.29) is 0 Å². The Labute approximate surface area is 117 Å². The molecule has 88 valence electrons. The third kappa shape index (κ3) is 1.87. The quantitative estimate of drug-likeness (QED) is 0.805. The molecule has 0 aliphatic heterocycles. The number of halogens is 1. The van der Waals surface area contributed by atoms with Crippen LogP contribution in [0, 0.1) is 3.57 Å². The number of benzene rings is 1. The maximum Gasteiger partial charge on any atom is 0.346 e. The Morgan fingerprint density at radius 2 is 2.18 bits per heavy atom. The van der Waals surface area contributed by atoms with Crippen LogP contribution in [0.2, 0.25) is 0 Å². The van der Waals surface area contributed by atoms with Crippen molar-refractivity contribution in [2.75, 3.05) is 0 Å². The van der Waals surface area contributed by atoms with Gasteiger partial charge in [-0.2, -0.15) is 0 Å². The first kappa shape index (κ1) is 11.5. The number of aromatic carboxylic acids is 1. The summed E-state index contributed by atoms with van der Waals surface area (Å²) < 4.78 is 2.27. The highest BCUT2D eigenvalue weighted by molar-refractivity contribution is 14.1. The first-order valence-corrected chi connectivity index (χ1v) is 7.51. The fraction of sp³-hybridized carbons (Fsp3) is 0.308. The third-order valence-corrected chi connectivity index (χ3v) is 5.23. The zero-order valence-electron chi connectivity index (χ0n) is 9.07. The second kappa shape index (κ2) is 4.24. The highest BCUT2D eigenvalue weighted by atomic mass is 127. The molecule has 1 aliphatic carbocycles. The second-order valence-electron chi connectivity index (χ2n) is 4.42. The number of carboxylic acid groups (broad SMARTS) is 1. The lowest BCUT2D eigenvalue weighted by molar-refractivity contribution is 0.0700. The van der Waals surface area contributed by atoms with Gasteiger partial charge in [0.05, 0.1) is 0 Å². The van der Waals surface area contributed by atoms with E-state index in [2.05, 4.69) is 40.8 Å². The SMILES string of the molecule is O=C(O)c1sc2cc(I)ccc2c1C1CCC1. The number of thiophene rings is 1. The zero-order valence-corrected chi connectivity index (χ0v) is 12.0. The van der Waals surface area contributed by atoms with Crippen molar-refractivity contribution in [1.29, 1.82) is 0 Å². The predicted octanol–water partition coefficient (Wildman–Crippen LogP) is 4.47. The molecule has 0 bridgehead atoms. The number of hydrogen-bond acceptors (Lipinski definition) is 2. The molecule has 1 N–H and O–H groups in total. The first-order valence-electron chi connectivity index (χ1n) is 5.62. The van der Waals surface area contributed by atoms with Crippen LogP contribution >= 0.6 is 33.9 Å². The highest BCUT2D eigenvalue weighted by Crippen LogP contribution is 2.45.